The first-order valence-corrected chi connectivity index (χ1v) is 2.00. The van der Waals surface area contributed by atoms with Gasteiger partial charge < -0.3 is 0 Å². The molecule has 0 aliphatic rings. The Hall–Kier alpha value is 0.467. The van der Waals surface area contributed by atoms with Gasteiger partial charge in [-0.15, -0.1) is 0 Å². The van der Waals surface area contributed by atoms with E-state index in [0.29, 0.717) is 0 Å². The van der Waals surface area contributed by atoms with E-state index in [1.54, 1.807) is 0 Å². The average molecular weight is 280 g/mol. The summed E-state index contributed by atoms with van der Waals surface area (Å²) < 4.78 is 0. The minimum atomic E-state index is 0. The molecule has 0 nitrogen and oxygen atoms in total. The van der Waals surface area contributed by atoms with Crippen LogP contribution in [-0.4, -0.2) is 0 Å². The van der Waals surface area contributed by atoms with Crippen molar-refractivity contribution in [3.63, 3.8) is 0 Å². The van der Waals surface area contributed by atoms with Gasteiger partial charge >= 0.3 is 0 Å². The van der Waals surface area contributed by atoms with Crippen LogP contribution >= 0.6 is 0 Å². The summed E-state index contributed by atoms with van der Waals surface area (Å²) in [6, 6.07) is 12.0. The number of benzene rings is 1. The van der Waals surface area contributed by atoms with Crippen molar-refractivity contribution in [2.75, 3.05) is 0 Å². The van der Waals surface area contributed by atoms with Crippen LogP contribution in [0.4, 0.5) is 0 Å². The molecule has 0 amide bonds. The van der Waals surface area contributed by atoms with Gasteiger partial charge in [-0.25, -0.2) is 0 Å². The van der Waals surface area contributed by atoms with Gasteiger partial charge in [-0.2, -0.15) is 0 Å². The van der Waals surface area contributed by atoms with Crippen LogP contribution in [-0.2, 0) is 39.0 Å². The second kappa shape index (κ2) is 7.47. The maximum atomic E-state index is 2.00. The summed E-state index contributed by atoms with van der Waals surface area (Å²) in [5.41, 5.74) is 0. The molecule has 0 N–H and O–H groups in total. The van der Waals surface area contributed by atoms with Crippen molar-refractivity contribution in [1.82, 2.24) is 0 Å². The van der Waals surface area contributed by atoms with E-state index in [1.165, 1.54) is 0 Å². The molecule has 0 fully saturated rings. The smallest absolute Gasteiger partial charge is 0 e. The molecule has 0 radical (unpaired) electrons. The SMILES string of the molecule is [Ru].[Ru].c1ccccc1. The molecule has 0 aliphatic carbocycles. The molecule has 0 spiro atoms. The van der Waals surface area contributed by atoms with Crippen molar-refractivity contribution in [3.05, 3.63) is 36.4 Å². The Balaban J connectivity index is 0. The summed E-state index contributed by atoms with van der Waals surface area (Å²) in [5, 5.41) is 0. The second-order valence-corrected chi connectivity index (χ2v) is 1.15. The monoisotopic (exact) mass is 282 g/mol. The predicted octanol–water partition coefficient (Wildman–Crippen LogP) is 1.68. The van der Waals surface area contributed by atoms with E-state index in [1.807, 2.05) is 36.4 Å². The van der Waals surface area contributed by atoms with E-state index < -0.39 is 0 Å². The molecule has 46 valence electrons. The van der Waals surface area contributed by atoms with Crippen LogP contribution < -0.4 is 0 Å². The van der Waals surface area contributed by atoms with Crippen LogP contribution in [0, 0.1) is 0 Å². The van der Waals surface area contributed by atoms with Crippen molar-refractivity contribution >= 4 is 0 Å². The third-order valence-electron chi connectivity index (χ3n) is 0.667. The zero-order valence-corrected chi connectivity index (χ0v) is 7.65. The first-order chi connectivity index (χ1) is 3.00. The van der Waals surface area contributed by atoms with Crippen LogP contribution in [0.5, 0.6) is 0 Å². The molecule has 8 heavy (non-hydrogen) atoms. The fourth-order valence-corrected chi connectivity index (χ4v) is 0.385. The Labute approximate surface area is 75.2 Å². The van der Waals surface area contributed by atoms with Gasteiger partial charge in [0.1, 0.15) is 0 Å². The Kier molecular flexibility index (Phi) is 10.5. The minimum absolute atomic E-state index is 0. The van der Waals surface area contributed by atoms with E-state index in [0.717, 1.165) is 0 Å². The Morgan fingerprint density at radius 2 is 0.500 bits per heavy atom. The van der Waals surface area contributed by atoms with Crippen molar-refractivity contribution < 1.29 is 39.0 Å². The molecular formula is C6H6Ru2. The third-order valence-corrected chi connectivity index (χ3v) is 0.667. The zero-order valence-electron chi connectivity index (χ0n) is 4.17. The van der Waals surface area contributed by atoms with Crippen molar-refractivity contribution in [3.8, 4) is 0 Å². The van der Waals surface area contributed by atoms with Crippen molar-refractivity contribution in [1.29, 1.82) is 0 Å². The van der Waals surface area contributed by atoms with Gasteiger partial charge in [0.2, 0.25) is 0 Å². The van der Waals surface area contributed by atoms with Crippen LogP contribution in [0.15, 0.2) is 36.4 Å². The molecule has 0 saturated carbocycles. The quantitative estimate of drug-likeness (QED) is 0.634. The molecule has 0 atom stereocenters. The number of hydrogen-bond acceptors (Lipinski definition) is 0. The molecule has 0 heterocycles. The minimum Gasteiger partial charge on any atom is -0.0623 e. The molecule has 1 aromatic rings. The van der Waals surface area contributed by atoms with Crippen molar-refractivity contribution in [2.45, 2.75) is 0 Å². The van der Waals surface area contributed by atoms with E-state index >= 15 is 0 Å². The van der Waals surface area contributed by atoms with Gasteiger partial charge in [-0.05, 0) is 0 Å². The summed E-state index contributed by atoms with van der Waals surface area (Å²) in [4.78, 5) is 0. The van der Waals surface area contributed by atoms with E-state index in [4.69, 9.17) is 0 Å². The first-order valence-electron chi connectivity index (χ1n) is 2.00. The van der Waals surface area contributed by atoms with Crippen LogP contribution in [0.1, 0.15) is 0 Å². The standard InChI is InChI=1S/C6H6.2Ru/c1-2-4-6-5-3-1;;/h1-6H;;. The molecule has 0 aliphatic heterocycles. The van der Waals surface area contributed by atoms with Gasteiger partial charge in [-0.3, -0.25) is 0 Å². The summed E-state index contributed by atoms with van der Waals surface area (Å²) in [6.07, 6.45) is 0. The molecular weight excluding hydrogens is 274 g/mol. The van der Waals surface area contributed by atoms with E-state index in [2.05, 4.69) is 0 Å². The van der Waals surface area contributed by atoms with Crippen LogP contribution in [0.25, 0.3) is 0 Å². The molecule has 1 aromatic carbocycles. The Morgan fingerprint density at radius 3 is 0.625 bits per heavy atom. The summed E-state index contributed by atoms with van der Waals surface area (Å²) in [6.45, 7) is 0. The molecule has 0 bridgehead atoms. The molecule has 2 heteroatoms. The summed E-state index contributed by atoms with van der Waals surface area (Å²) in [5.74, 6) is 0. The topological polar surface area (TPSA) is 0 Å². The average Bonchev–Trinajstić information content (AvgIpc) is 1.72. The predicted molar refractivity (Wildman–Crippen MR) is 26.4 cm³/mol. The first kappa shape index (κ1) is 11.3. The fourth-order valence-electron chi connectivity index (χ4n) is 0.385. The van der Waals surface area contributed by atoms with Gasteiger partial charge in [0.25, 0.3) is 0 Å². The number of rotatable bonds is 0. The van der Waals surface area contributed by atoms with Gasteiger partial charge in [0, 0.05) is 39.0 Å². The van der Waals surface area contributed by atoms with Gasteiger partial charge in [0.15, 0.2) is 0 Å². The normalized spacial score (nSPS) is 6.00. The van der Waals surface area contributed by atoms with E-state index in [9.17, 15) is 0 Å². The summed E-state index contributed by atoms with van der Waals surface area (Å²) >= 11 is 0. The Morgan fingerprint density at radius 1 is 0.375 bits per heavy atom. The van der Waals surface area contributed by atoms with Gasteiger partial charge in [0.05, 0.1) is 0 Å². The molecule has 1 rings (SSSR count). The van der Waals surface area contributed by atoms with Crippen LogP contribution in [0.2, 0.25) is 0 Å². The molecule has 0 unspecified atom stereocenters. The maximum Gasteiger partial charge on any atom is 0 e. The third kappa shape index (κ3) is 4.62. The maximum absolute atomic E-state index is 2.00. The largest absolute Gasteiger partial charge is 0.0623 e. The fraction of sp³-hybridized carbons (Fsp3) is 0. The molecule has 0 saturated heterocycles. The van der Waals surface area contributed by atoms with Gasteiger partial charge in [-0.1, -0.05) is 36.4 Å². The Bertz CT molecular complexity index is 78.5. The second-order valence-electron chi connectivity index (χ2n) is 1.15. The summed E-state index contributed by atoms with van der Waals surface area (Å²) in [7, 11) is 0. The number of hydrogen-bond donors (Lipinski definition) is 0. The molecule has 0 aromatic heterocycles. The zero-order chi connectivity index (χ0) is 4.24. The van der Waals surface area contributed by atoms with E-state index in [-0.39, 0.29) is 39.0 Å². The van der Waals surface area contributed by atoms with Crippen LogP contribution in [0.3, 0.4) is 0 Å². The van der Waals surface area contributed by atoms with Crippen molar-refractivity contribution in [2.24, 2.45) is 0 Å².